The van der Waals surface area contributed by atoms with Gasteiger partial charge in [-0.2, -0.15) is 0 Å². The van der Waals surface area contributed by atoms with Crippen LogP contribution in [0.2, 0.25) is 0 Å². The van der Waals surface area contributed by atoms with Crippen molar-refractivity contribution in [2.75, 3.05) is 13.1 Å². The van der Waals surface area contributed by atoms with Crippen LogP contribution < -0.4 is 5.32 Å². The summed E-state index contributed by atoms with van der Waals surface area (Å²) in [4.78, 5) is 14.2. The van der Waals surface area contributed by atoms with Crippen LogP contribution in [0, 0.1) is 13.8 Å². The molecule has 0 bridgehead atoms. The van der Waals surface area contributed by atoms with Crippen LogP contribution in [-0.2, 0) is 11.3 Å². The maximum Gasteiger partial charge on any atom is 0.410 e. The van der Waals surface area contributed by atoms with Gasteiger partial charge in [-0.1, -0.05) is 18.2 Å². The maximum absolute atomic E-state index is 12.3. The predicted octanol–water partition coefficient (Wildman–Crippen LogP) is 3.79. The van der Waals surface area contributed by atoms with Crippen molar-refractivity contribution in [3.05, 3.63) is 34.9 Å². The van der Waals surface area contributed by atoms with Gasteiger partial charge in [0.1, 0.15) is 5.60 Å². The van der Waals surface area contributed by atoms with Gasteiger partial charge in [0.05, 0.1) is 0 Å². The van der Waals surface area contributed by atoms with Gasteiger partial charge in [-0.15, -0.1) is 0 Å². The Morgan fingerprint density at radius 2 is 1.96 bits per heavy atom. The molecule has 1 aromatic rings. The number of hydrogen-bond acceptors (Lipinski definition) is 3. The molecule has 0 saturated carbocycles. The lowest BCUT2D eigenvalue weighted by Crippen LogP contribution is -2.44. The van der Waals surface area contributed by atoms with E-state index in [1.54, 1.807) is 0 Å². The van der Waals surface area contributed by atoms with Crippen molar-refractivity contribution in [2.45, 2.75) is 65.6 Å². The summed E-state index contributed by atoms with van der Waals surface area (Å²) in [7, 11) is 0. The molecule has 0 spiro atoms. The molecule has 1 amide bonds. The third kappa shape index (κ3) is 4.96. The second-order valence-electron chi connectivity index (χ2n) is 7.47. The summed E-state index contributed by atoms with van der Waals surface area (Å²) in [5.41, 5.74) is 3.55. The van der Waals surface area contributed by atoms with Gasteiger partial charge in [0.15, 0.2) is 0 Å². The largest absolute Gasteiger partial charge is 0.444 e. The van der Waals surface area contributed by atoms with Crippen LogP contribution in [-0.4, -0.2) is 35.7 Å². The highest BCUT2D eigenvalue weighted by molar-refractivity contribution is 5.69. The number of rotatable bonds is 4. The monoisotopic (exact) mass is 318 g/mol. The van der Waals surface area contributed by atoms with E-state index in [-0.39, 0.29) is 12.1 Å². The van der Waals surface area contributed by atoms with Crippen molar-refractivity contribution >= 4 is 6.09 Å². The minimum atomic E-state index is -0.435. The third-order valence-electron chi connectivity index (χ3n) is 4.33. The number of hydrogen-bond donors (Lipinski definition) is 1. The van der Waals surface area contributed by atoms with E-state index < -0.39 is 5.60 Å². The summed E-state index contributed by atoms with van der Waals surface area (Å²) in [5.74, 6) is 0. The zero-order chi connectivity index (χ0) is 17.0. The van der Waals surface area contributed by atoms with Gasteiger partial charge in [0.2, 0.25) is 0 Å². The molecule has 1 unspecified atom stereocenters. The molecular formula is C19H30N2O2. The molecule has 1 saturated heterocycles. The fraction of sp³-hybridized carbons (Fsp3) is 0.632. The first-order chi connectivity index (χ1) is 10.8. The smallest absolute Gasteiger partial charge is 0.410 e. The van der Waals surface area contributed by atoms with Gasteiger partial charge >= 0.3 is 6.09 Å². The van der Waals surface area contributed by atoms with E-state index in [0.29, 0.717) is 0 Å². The van der Waals surface area contributed by atoms with E-state index in [0.717, 1.165) is 32.5 Å². The summed E-state index contributed by atoms with van der Waals surface area (Å²) in [6.07, 6.45) is 1.91. The first kappa shape index (κ1) is 17.8. The highest BCUT2D eigenvalue weighted by atomic mass is 16.6. The van der Waals surface area contributed by atoms with Crippen molar-refractivity contribution in [3.8, 4) is 0 Å². The van der Waals surface area contributed by atoms with Crippen molar-refractivity contribution in [1.29, 1.82) is 0 Å². The molecule has 4 nitrogen and oxygen atoms in total. The first-order valence-corrected chi connectivity index (χ1v) is 8.53. The highest BCUT2D eigenvalue weighted by Gasteiger charge is 2.31. The average Bonchev–Trinajstić information content (AvgIpc) is 2.88. The van der Waals surface area contributed by atoms with Crippen LogP contribution in [0.15, 0.2) is 18.2 Å². The second-order valence-corrected chi connectivity index (χ2v) is 7.47. The molecule has 23 heavy (non-hydrogen) atoms. The molecule has 1 aliphatic rings. The lowest BCUT2D eigenvalue weighted by molar-refractivity contribution is 0.0226. The van der Waals surface area contributed by atoms with E-state index in [9.17, 15) is 4.79 Å². The average molecular weight is 318 g/mol. The van der Waals surface area contributed by atoms with Crippen LogP contribution >= 0.6 is 0 Å². The van der Waals surface area contributed by atoms with Gasteiger partial charge in [-0.3, -0.25) is 0 Å². The van der Waals surface area contributed by atoms with E-state index >= 15 is 0 Å². The number of carbonyl (C=O) groups excluding carboxylic acids is 1. The first-order valence-electron chi connectivity index (χ1n) is 8.53. The SMILES string of the molecule is Cc1cccc(C)c1CNCC1CCCN1C(=O)OC(C)(C)C. The standard InChI is InChI=1S/C19H30N2O2/c1-14-8-6-9-15(2)17(14)13-20-12-16-10-7-11-21(16)18(22)23-19(3,4)5/h6,8-9,16,20H,7,10-13H2,1-5H3. The highest BCUT2D eigenvalue weighted by Crippen LogP contribution is 2.20. The molecule has 0 radical (unpaired) electrons. The van der Waals surface area contributed by atoms with Crippen molar-refractivity contribution in [1.82, 2.24) is 10.2 Å². The zero-order valence-electron chi connectivity index (χ0n) is 15.1. The predicted molar refractivity (Wildman–Crippen MR) is 93.6 cm³/mol. The molecule has 128 valence electrons. The molecule has 1 aromatic carbocycles. The Bertz CT molecular complexity index is 529. The van der Waals surface area contributed by atoms with Crippen LogP contribution in [0.4, 0.5) is 4.79 Å². The lowest BCUT2D eigenvalue weighted by atomic mass is 10.0. The Labute approximate surface area is 140 Å². The van der Waals surface area contributed by atoms with Crippen LogP contribution in [0.5, 0.6) is 0 Å². The molecule has 2 rings (SSSR count). The Balaban J connectivity index is 1.88. The number of ether oxygens (including phenoxy) is 1. The quantitative estimate of drug-likeness (QED) is 0.918. The third-order valence-corrected chi connectivity index (χ3v) is 4.33. The normalized spacial score (nSPS) is 18.3. The van der Waals surface area contributed by atoms with E-state index in [1.165, 1.54) is 16.7 Å². The Kier molecular flexibility index (Phi) is 5.69. The fourth-order valence-corrected chi connectivity index (χ4v) is 3.10. The van der Waals surface area contributed by atoms with Gasteiger partial charge < -0.3 is 15.0 Å². The number of amides is 1. The summed E-state index contributed by atoms with van der Waals surface area (Å²) in [6, 6.07) is 6.61. The number of benzene rings is 1. The minimum Gasteiger partial charge on any atom is -0.444 e. The minimum absolute atomic E-state index is 0.186. The van der Waals surface area contributed by atoms with Gasteiger partial charge in [-0.25, -0.2) is 4.79 Å². The Morgan fingerprint density at radius 3 is 2.57 bits per heavy atom. The molecule has 1 N–H and O–H groups in total. The summed E-state index contributed by atoms with van der Waals surface area (Å²) in [6.45, 7) is 12.5. The van der Waals surface area contributed by atoms with E-state index in [1.807, 2.05) is 25.7 Å². The van der Waals surface area contributed by atoms with Crippen LogP contribution in [0.25, 0.3) is 0 Å². The number of nitrogens with zero attached hydrogens (tertiary/aromatic N) is 1. The molecule has 1 fully saturated rings. The molecule has 4 heteroatoms. The van der Waals surface area contributed by atoms with Gasteiger partial charge in [0.25, 0.3) is 0 Å². The molecule has 0 aromatic heterocycles. The Hall–Kier alpha value is -1.55. The van der Waals surface area contributed by atoms with Gasteiger partial charge in [0, 0.05) is 25.7 Å². The van der Waals surface area contributed by atoms with Crippen LogP contribution in [0.1, 0.15) is 50.3 Å². The number of likely N-dealkylation sites (tertiary alicyclic amines) is 1. The van der Waals surface area contributed by atoms with Crippen molar-refractivity contribution in [2.24, 2.45) is 0 Å². The zero-order valence-corrected chi connectivity index (χ0v) is 15.1. The summed E-state index contributed by atoms with van der Waals surface area (Å²) < 4.78 is 5.51. The maximum atomic E-state index is 12.3. The number of carbonyl (C=O) groups is 1. The fourth-order valence-electron chi connectivity index (χ4n) is 3.10. The Morgan fingerprint density at radius 1 is 1.30 bits per heavy atom. The lowest BCUT2D eigenvalue weighted by Gasteiger charge is -2.29. The van der Waals surface area contributed by atoms with E-state index in [4.69, 9.17) is 4.74 Å². The van der Waals surface area contributed by atoms with Crippen molar-refractivity contribution in [3.63, 3.8) is 0 Å². The van der Waals surface area contributed by atoms with Gasteiger partial charge in [-0.05, 0) is 64.2 Å². The van der Waals surface area contributed by atoms with Crippen molar-refractivity contribution < 1.29 is 9.53 Å². The van der Waals surface area contributed by atoms with Crippen LogP contribution in [0.3, 0.4) is 0 Å². The molecule has 0 aliphatic carbocycles. The summed E-state index contributed by atoms with van der Waals surface area (Å²) in [5, 5.41) is 3.52. The molecule has 1 atom stereocenters. The molecular weight excluding hydrogens is 288 g/mol. The molecule has 1 aliphatic heterocycles. The van der Waals surface area contributed by atoms with E-state index in [2.05, 4.69) is 37.4 Å². The number of aryl methyl sites for hydroxylation is 2. The second kappa shape index (κ2) is 7.35. The topological polar surface area (TPSA) is 41.6 Å². The number of nitrogens with one attached hydrogen (secondary N) is 1. The molecule has 1 heterocycles. The summed E-state index contributed by atoms with van der Waals surface area (Å²) >= 11 is 0.